The highest BCUT2D eigenvalue weighted by molar-refractivity contribution is 5.86. The maximum atomic E-state index is 4.67. The second-order valence-electron chi connectivity index (χ2n) is 6.32. The molecule has 0 aliphatic rings. The van der Waals surface area contributed by atoms with Crippen LogP contribution in [0.3, 0.4) is 0 Å². The van der Waals surface area contributed by atoms with Crippen molar-refractivity contribution in [1.29, 1.82) is 0 Å². The maximum absolute atomic E-state index is 4.67. The average Bonchev–Trinajstić information content (AvgIpc) is 2.45. The van der Waals surface area contributed by atoms with Gasteiger partial charge in [-0.2, -0.15) is 0 Å². The van der Waals surface area contributed by atoms with Crippen molar-refractivity contribution in [3.8, 4) is 0 Å². The Labute approximate surface area is 129 Å². The number of fused-ring (bicyclic) bond motifs is 1. The molecule has 0 radical (unpaired) electrons. The minimum atomic E-state index is 0.675. The van der Waals surface area contributed by atoms with Gasteiger partial charge < -0.3 is 4.90 Å². The molecule has 2 nitrogen and oxygen atoms in total. The van der Waals surface area contributed by atoms with Gasteiger partial charge in [-0.3, -0.25) is 4.98 Å². The molecular weight excluding hydrogens is 256 g/mol. The predicted octanol–water partition coefficient (Wildman–Crippen LogP) is 4.98. The van der Waals surface area contributed by atoms with Crippen molar-refractivity contribution in [2.24, 2.45) is 5.92 Å². The topological polar surface area (TPSA) is 16.1 Å². The number of aromatic nitrogens is 1. The van der Waals surface area contributed by atoms with E-state index in [4.69, 9.17) is 0 Å². The first-order valence-corrected chi connectivity index (χ1v) is 8.20. The van der Waals surface area contributed by atoms with E-state index in [1.807, 2.05) is 0 Å². The van der Waals surface area contributed by atoms with E-state index in [2.05, 4.69) is 68.8 Å². The number of rotatable bonds is 6. The van der Waals surface area contributed by atoms with Gasteiger partial charge in [0.1, 0.15) is 0 Å². The van der Waals surface area contributed by atoms with Gasteiger partial charge in [0, 0.05) is 29.9 Å². The van der Waals surface area contributed by atoms with Gasteiger partial charge in [0.05, 0.1) is 5.52 Å². The van der Waals surface area contributed by atoms with Crippen molar-refractivity contribution in [1.82, 2.24) is 4.98 Å². The number of hydrogen-bond donors (Lipinski definition) is 0. The Kier molecular flexibility index (Phi) is 5.22. The predicted molar refractivity (Wildman–Crippen MR) is 93.2 cm³/mol. The number of anilines is 1. The van der Waals surface area contributed by atoms with E-state index in [-0.39, 0.29) is 0 Å². The maximum Gasteiger partial charge on any atom is 0.0709 e. The van der Waals surface area contributed by atoms with Crippen molar-refractivity contribution in [3.05, 3.63) is 35.5 Å². The fourth-order valence-corrected chi connectivity index (χ4v) is 2.96. The van der Waals surface area contributed by atoms with Gasteiger partial charge >= 0.3 is 0 Å². The lowest BCUT2D eigenvalue weighted by Gasteiger charge is -2.26. The number of nitrogens with zero attached hydrogens (tertiary/aromatic N) is 2. The molecule has 0 aliphatic heterocycles. The SMILES string of the molecule is CCCN(CC(C)C)c1ccc2nc(C)cc(CC)c2c1. The first-order valence-electron chi connectivity index (χ1n) is 8.20. The van der Waals surface area contributed by atoms with Crippen molar-refractivity contribution in [3.63, 3.8) is 0 Å². The molecule has 0 amide bonds. The molecular formula is C19H28N2. The van der Waals surface area contributed by atoms with Crippen LogP contribution in [0.1, 0.15) is 45.4 Å². The minimum Gasteiger partial charge on any atom is -0.371 e. The summed E-state index contributed by atoms with van der Waals surface area (Å²) in [6, 6.07) is 8.96. The molecule has 114 valence electrons. The van der Waals surface area contributed by atoms with Crippen molar-refractivity contribution in [2.75, 3.05) is 18.0 Å². The first kappa shape index (κ1) is 15.8. The lowest BCUT2D eigenvalue weighted by atomic mass is 10.0. The molecule has 0 atom stereocenters. The van der Waals surface area contributed by atoms with E-state index in [0.29, 0.717) is 5.92 Å². The Morgan fingerprint density at radius 1 is 1.14 bits per heavy atom. The van der Waals surface area contributed by atoms with Crippen molar-refractivity contribution in [2.45, 2.75) is 47.5 Å². The summed E-state index contributed by atoms with van der Waals surface area (Å²) in [4.78, 5) is 7.18. The molecule has 0 saturated carbocycles. The fourth-order valence-electron chi connectivity index (χ4n) is 2.96. The Morgan fingerprint density at radius 3 is 2.52 bits per heavy atom. The number of benzene rings is 1. The summed E-state index contributed by atoms with van der Waals surface area (Å²) < 4.78 is 0. The van der Waals surface area contributed by atoms with Crippen LogP contribution in [0.5, 0.6) is 0 Å². The van der Waals surface area contributed by atoms with E-state index in [1.54, 1.807) is 0 Å². The molecule has 0 bridgehead atoms. The quantitative estimate of drug-likeness (QED) is 0.744. The summed E-state index contributed by atoms with van der Waals surface area (Å²) in [5, 5.41) is 1.31. The molecule has 0 saturated heterocycles. The Bertz CT molecular complexity index is 602. The number of hydrogen-bond acceptors (Lipinski definition) is 2. The summed E-state index contributed by atoms with van der Waals surface area (Å²) in [7, 11) is 0. The van der Waals surface area contributed by atoms with Gasteiger partial charge in [0.2, 0.25) is 0 Å². The van der Waals surface area contributed by atoms with Gasteiger partial charge in [-0.15, -0.1) is 0 Å². The third-order valence-electron chi connectivity index (χ3n) is 3.83. The van der Waals surface area contributed by atoms with E-state index < -0.39 is 0 Å². The van der Waals surface area contributed by atoms with E-state index in [1.165, 1.54) is 23.1 Å². The molecule has 1 heterocycles. The molecule has 0 unspecified atom stereocenters. The van der Waals surface area contributed by atoms with Crippen LogP contribution in [0.25, 0.3) is 10.9 Å². The Balaban J connectivity index is 2.46. The van der Waals surface area contributed by atoms with Crippen LogP contribution in [0.15, 0.2) is 24.3 Å². The van der Waals surface area contributed by atoms with Gasteiger partial charge in [-0.1, -0.05) is 27.7 Å². The van der Waals surface area contributed by atoms with Gasteiger partial charge in [-0.05, 0) is 55.5 Å². The van der Waals surface area contributed by atoms with Crippen molar-refractivity contribution < 1.29 is 0 Å². The van der Waals surface area contributed by atoms with Crippen LogP contribution in [-0.2, 0) is 6.42 Å². The summed E-state index contributed by atoms with van der Waals surface area (Å²) >= 11 is 0. The summed E-state index contributed by atoms with van der Waals surface area (Å²) in [5.41, 5.74) is 4.97. The summed E-state index contributed by atoms with van der Waals surface area (Å²) in [6.45, 7) is 13.3. The van der Waals surface area contributed by atoms with Crippen molar-refractivity contribution >= 4 is 16.6 Å². The first-order chi connectivity index (χ1) is 10.0. The van der Waals surface area contributed by atoms with Gasteiger partial charge in [0.25, 0.3) is 0 Å². The molecule has 0 aliphatic carbocycles. The molecule has 2 rings (SSSR count). The fraction of sp³-hybridized carbons (Fsp3) is 0.526. The average molecular weight is 284 g/mol. The monoisotopic (exact) mass is 284 g/mol. The van der Waals surface area contributed by atoms with E-state index in [9.17, 15) is 0 Å². The van der Waals surface area contributed by atoms with E-state index >= 15 is 0 Å². The molecule has 21 heavy (non-hydrogen) atoms. The second-order valence-corrected chi connectivity index (χ2v) is 6.32. The molecule has 1 aromatic heterocycles. The van der Waals surface area contributed by atoms with Crippen LogP contribution < -0.4 is 4.90 Å². The molecule has 2 aromatic rings. The van der Waals surface area contributed by atoms with Gasteiger partial charge in [-0.25, -0.2) is 0 Å². The van der Waals surface area contributed by atoms with Crippen LogP contribution in [-0.4, -0.2) is 18.1 Å². The zero-order valence-electron chi connectivity index (χ0n) is 14.1. The second kappa shape index (κ2) is 6.93. The summed E-state index contributed by atoms with van der Waals surface area (Å²) in [6.07, 6.45) is 2.23. The molecule has 2 heteroatoms. The molecule has 0 N–H and O–H groups in total. The number of pyridine rings is 1. The van der Waals surface area contributed by atoms with Crippen LogP contribution in [0.2, 0.25) is 0 Å². The highest BCUT2D eigenvalue weighted by atomic mass is 15.1. The molecule has 0 fully saturated rings. The lowest BCUT2D eigenvalue weighted by Crippen LogP contribution is -2.28. The van der Waals surface area contributed by atoms with Crippen LogP contribution in [0.4, 0.5) is 5.69 Å². The third kappa shape index (κ3) is 3.75. The largest absolute Gasteiger partial charge is 0.371 e. The highest BCUT2D eigenvalue weighted by Gasteiger charge is 2.10. The Morgan fingerprint density at radius 2 is 1.90 bits per heavy atom. The third-order valence-corrected chi connectivity index (χ3v) is 3.83. The summed E-state index contributed by atoms with van der Waals surface area (Å²) in [5.74, 6) is 0.675. The standard InChI is InChI=1S/C19H28N2/c1-6-10-21(13-14(3)4)17-8-9-19-18(12-17)16(7-2)11-15(5)20-19/h8-9,11-12,14H,6-7,10,13H2,1-5H3. The number of aryl methyl sites for hydroxylation is 2. The van der Waals surface area contributed by atoms with Gasteiger partial charge in [0.15, 0.2) is 0 Å². The van der Waals surface area contributed by atoms with Crippen LogP contribution >= 0.6 is 0 Å². The zero-order chi connectivity index (χ0) is 15.4. The Hall–Kier alpha value is -1.57. The smallest absolute Gasteiger partial charge is 0.0709 e. The normalized spacial score (nSPS) is 11.3. The molecule has 0 spiro atoms. The highest BCUT2D eigenvalue weighted by Crippen LogP contribution is 2.26. The minimum absolute atomic E-state index is 0.675. The zero-order valence-corrected chi connectivity index (χ0v) is 14.1. The van der Waals surface area contributed by atoms with E-state index in [0.717, 1.165) is 30.7 Å². The van der Waals surface area contributed by atoms with Crippen LogP contribution in [0, 0.1) is 12.8 Å². The lowest BCUT2D eigenvalue weighted by molar-refractivity contribution is 0.606. The molecule has 1 aromatic carbocycles.